The van der Waals surface area contributed by atoms with Gasteiger partial charge in [-0.15, -0.1) is 0 Å². The lowest BCUT2D eigenvalue weighted by Crippen LogP contribution is -2.58. The van der Waals surface area contributed by atoms with Crippen LogP contribution in [0.15, 0.2) is 24.4 Å². The lowest BCUT2D eigenvalue weighted by atomic mass is 9.73. The summed E-state index contributed by atoms with van der Waals surface area (Å²) in [5, 5.41) is 0. The summed E-state index contributed by atoms with van der Waals surface area (Å²) in [6.07, 6.45) is 4.46. The van der Waals surface area contributed by atoms with Crippen molar-refractivity contribution in [1.82, 2.24) is 9.29 Å². The third-order valence-corrected chi connectivity index (χ3v) is 6.90. The zero-order valence-electron chi connectivity index (χ0n) is 14.2. The summed E-state index contributed by atoms with van der Waals surface area (Å²) in [6, 6.07) is 5.75. The maximum atomic E-state index is 12.3. The molecule has 0 radical (unpaired) electrons. The second-order valence-corrected chi connectivity index (χ2v) is 8.92. The number of pyridine rings is 1. The number of sulfonamides is 1. The van der Waals surface area contributed by atoms with Gasteiger partial charge < -0.3 is 9.47 Å². The van der Waals surface area contributed by atoms with Crippen molar-refractivity contribution >= 4 is 10.0 Å². The fourth-order valence-corrected chi connectivity index (χ4v) is 4.93. The van der Waals surface area contributed by atoms with E-state index >= 15 is 0 Å². The summed E-state index contributed by atoms with van der Waals surface area (Å²) >= 11 is 0. The fourth-order valence-electron chi connectivity index (χ4n) is 3.72. The molecule has 0 aliphatic carbocycles. The van der Waals surface area contributed by atoms with E-state index < -0.39 is 10.0 Å². The van der Waals surface area contributed by atoms with Gasteiger partial charge in [0.05, 0.1) is 30.8 Å². The molecule has 0 unspecified atom stereocenters. The van der Waals surface area contributed by atoms with Crippen molar-refractivity contribution in [2.24, 2.45) is 5.41 Å². The van der Waals surface area contributed by atoms with Crippen LogP contribution in [0.5, 0.6) is 0 Å². The van der Waals surface area contributed by atoms with E-state index in [9.17, 15) is 8.42 Å². The maximum Gasteiger partial charge on any atom is 0.213 e. The Bertz CT molecular complexity index is 637. The largest absolute Gasteiger partial charge is 0.377 e. The van der Waals surface area contributed by atoms with Gasteiger partial charge in [0, 0.05) is 31.3 Å². The second kappa shape index (κ2) is 7.47. The summed E-state index contributed by atoms with van der Waals surface area (Å²) in [6.45, 7) is 4.44. The van der Waals surface area contributed by atoms with E-state index in [0.29, 0.717) is 26.3 Å². The van der Waals surface area contributed by atoms with Crippen LogP contribution in [0.2, 0.25) is 0 Å². The molecule has 1 aromatic heterocycles. The molecule has 2 atom stereocenters. The van der Waals surface area contributed by atoms with Gasteiger partial charge in [0.2, 0.25) is 10.0 Å². The zero-order valence-corrected chi connectivity index (χ0v) is 15.0. The standard InChI is InChI=1S/C17H26N2O4S/c1-2-24(20,21)19-10-7-16-17(13-19,8-5-11-23-16)14-22-12-15-6-3-4-9-18-15/h3-4,6,9,16H,2,5,7-8,10-14H2,1H3/t16-,17+/m1/s1. The third-order valence-electron chi connectivity index (χ3n) is 5.08. The predicted molar refractivity (Wildman–Crippen MR) is 91.0 cm³/mol. The number of rotatable bonds is 6. The molecule has 0 amide bonds. The van der Waals surface area contributed by atoms with E-state index in [0.717, 1.165) is 31.6 Å². The number of piperidine rings is 1. The highest BCUT2D eigenvalue weighted by atomic mass is 32.2. The molecule has 0 spiro atoms. The normalized spacial score (nSPS) is 28.5. The van der Waals surface area contributed by atoms with Gasteiger partial charge in [0.15, 0.2) is 0 Å². The number of ether oxygens (including phenoxy) is 2. The summed E-state index contributed by atoms with van der Waals surface area (Å²) in [5.74, 6) is 0.142. The molecule has 2 aliphatic heterocycles. The van der Waals surface area contributed by atoms with Gasteiger partial charge in [0.1, 0.15) is 0 Å². The first-order valence-corrected chi connectivity index (χ1v) is 10.2. The minimum Gasteiger partial charge on any atom is -0.377 e. The molecule has 0 N–H and O–H groups in total. The summed E-state index contributed by atoms with van der Waals surface area (Å²) in [7, 11) is -3.18. The van der Waals surface area contributed by atoms with Crippen molar-refractivity contribution in [2.45, 2.75) is 38.9 Å². The minimum atomic E-state index is -3.18. The Hall–Kier alpha value is -1.02. The van der Waals surface area contributed by atoms with Gasteiger partial charge in [-0.05, 0) is 38.3 Å². The highest BCUT2D eigenvalue weighted by molar-refractivity contribution is 7.89. The number of hydrogen-bond acceptors (Lipinski definition) is 5. The Morgan fingerprint density at radius 1 is 1.46 bits per heavy atom. The molecule has 24 heavy (non-hydrogen) atoms. The number of hydrogen-bond donors (Lipinski definition) is 0. The van der Waals surface area contributed by atoms with Gasteiger partial charge in [-0.25, -0.2) is 12.7 Å². The van der Waals surface area contributed by atoms with Crippen LogP contribution in [-0.4, -0.2) is 55.9 Å². The fraction of sp³-hybridized carbons (Fsp3) is 0.706. The van der Waals surface area contributed by atoms with Gasteiger partial charge >= 0.3 is 0 Å². The smallest absolute Gasteiger partial charge is 0.213 e. The van der Waals surface area contributed by atoms with E-state index in [1.54, 1.807) is 17.4 Å². The Balaban J connectivity index is 1.69. The van der Waals surface area contributed by atoms with Crippen LogP contribution in [0.1, 0.15) is 31.9 Å². The summed E-state index contributed by atoms with van der Waals surface area (Å²) in [4.78, 5) is 4.27. The average Bonchev–Trinajstić information content (AvgIpc) is 2.62. The monoisotopic (exact) mass is 354 g/mol. The van der Waals surface area contributed by atoms with Crippen molar-refractivity contribution in [2.75, 3.05) is 32.1 Å². The van der Waals surface area contributed by atoms with E-state index in [1.807, 2.05) is 18.2 Å². The first-order valence-electron chi connectivity index (χ1n) is 8.63. The molecule has 3 heterocycles. The Kier molecular flexibility index (Phi) is 5.54. The molecule has 0 bridgehead atoms. The Morgan fingerprint density at radius 2 is 2.33 bits per heavy atom. The van der Waals surface area contributed by atoms with Crippen LogP contribution in [0.3, 0.4) is 0 Å². The first kappa shape index (κ1) is 17.8. The van der Waals surface area contributed by atoms with Crippen LogP contribution in [0.4, 0.5) is 0 Å². The van der Waals surface area contributed by atoms with Crippen molar-refractivity contribution in [3.8, 4) is 0 Å². The van der Waals surface area contributed by atoms with Crippen LogP contribution in [0.25, 0.3) is 0 Å². The van der Waals surface area contributed by atoms with Gasteiger partial charge in [-0.2, -0.15) is 0 Å². The van der Waals surface area contributed by atoms with Crippen LogP contribution >= 0.6 is 0 Å². The van der Waals surface area contributed by atoms with E-state index in [2.05, 4.69) is 4.98 Å². The molecule has 2 fully saturated rings. The zero-order chi connectivity index (χ0) is 17.0. The van der Waals surface area contributed by atoms with E-state index in [4.69, 9.17) is 9.47 Å². The maximum absolute atomic E-state index is 12.3. The van der Waals surface area contributed by atoms with Crippen molar-refractivity contribution in [3.63, 3.8) is 0 Å². The topological polar surface area (TPSA) is 68.7 Å². The highest BCUT2D eigenvalue weighted by Gasteiger charge is 2.48. The molecular weight excluding hydrogens is 328 g/mol. The number of nitrogens with zero attached hydrogens (tertiary/aromatic N) is 2. The van der Waals surface area contributed by atoms with Crippen molar-refractivity contribution < 1.29 is 17.9 Å². The lowest BCUT2D eigenvalue weighted by molar-refractivity contribution is -0.144. The molecule has 134 valence electrons. The van der Waals surface area contributed by atoms with Crippen LogP contribution < -0.4 is 0 Å². The molecule has 0 saturated carbocycles. The molecule has 7 heteroatoms. The Labute approximate surface area is 144 Å². The Morgan fingerprint density at radius 3 is 3.08 bits per heavy atom. The highest BCUT2D eigenvalue weighted by Crippen LogP contribution is 2.41. The molecule has 1 aromatic rings. The van der Waals surface area contributed by atoms with Crippen molar-refractivity contribution in [3.05, 3.63) is 30.1 Å². The summed E-state index contributed by atoms with van der Waals surface area (Å²) < 4.78 is 38.1. The first-order chi connectivity index (χ1) is 11.6. The third kappa shape index (κ3) is 3.79. The molecule has 2 saturated heterocycles. The molecule has 2 aliphatic rings. The van der Waals surface area contributed by atoms with E-state index in [-0.39, 0.29) is 17.3 Å². The van der Waals surface area contributed by atoms with Gasteiger partial charge in [-0.1, -0.05) is 6.07 Å². The van der Waals surface area contributed by atoms with Gasteiger partial charge in [-0.3, -0.25) is 4.98 Å². The van der Waals surface area contributed by atoms with Gasteiger partial charge in [0.25, 0.3) is 0 Å². The van der Waals surface area contributed by atoms with E-state index in [1.165, 1.54) is 0 Å². The van der Waals surface area contributed by atoms with Crippen LogP contribution in [0, 0.1) is 5.41 Å². The quantitative estimate of drug-likeness (QED) is 0.779. The SMILES string of the molecule is CCS(=O)(=O)N1CC[C@H]2OCCC[C@@]2(COCc2ccccn2)C1. The number of fused-ring (bicyclic) bond motifs is 1. The summed E-state index contributed by atoms with van der Waals surface area (Å²) in [5.41, 5.74) is 0.643. The molecular formula is C17H26N2O4S. The van der Waals surface area contributed by atoms with Crippen molar-refractivity contribution in [1.29, 1.82) is 0 Å². The predicted octanol–water partition coefficient (Wildman–Crippen LogP) is 1.82. The molecule has 0 aromatic carbocycles. The minimum absolute atomic E-state index is 0.0817. The van der Waals surface area contributed by atoms with Crippen LogP contribution in [-0.2, 0) is 26.1 Å². The molecule has 6 nitrogen and oxygen atoms in total. The average molecular weight is 354 g/mol. The number of aromatic nitrogens is 1. The molecule has 3 rings (SSSR count). The second-order valence-electron chi connectivity index (χ2n) is 6.66. The lowest BCUT2D eigenvalue weighted by Gasteiger charge is -2.49.